The molecule has 0 bridgehead atoms. The second-order valence-electron chi connectivity index (χ2n) is 10.8. The molecule has 3 aromatic carbocycles. The summed E-state index contributed by atoms with van der Waals surface area (Å²) in [5.41, 5.74) is 2.38. The van der Waals surface area contributed by atoms with Crippen molar-refractivity contribution in [1.29, 1.82) is 0 Å². The number of amides is 2. The zero-order chi connectivity index (χ0) is 29.1. The number of nitrogens with one attached hydrogen (secondary N) is 1. The van der Waals surface area contributed by atoms with Crippen LogP contribution in [0.2, 0.25) is 0 Å². The summed E-state index contributed by atoms with van der Waals surface area (Å²) in [6, 6.07) is 24.6. The van der Waals surface area contributed by atoms with Gasteiger partial charge in [0, 0.05) is 31.2 Å². The summed E-state index contributed by atoms with van der Waals surface area (Å²) < 4.78 is 0. The molecule has 5 aromatic rings. The van der Waals surface area contributed by atoms with Gasteiger partial charge in [-0.1, -0.05) is 67.4 Å². The van der Waals surface area contributed by atoms with Gasteiger partial charge in [-0.2, -0.15) is 4.80 Å². The zero-order valence-electron chi connectivity index (χ0n) is 23.7. The van der Waals surface area contributed by atoms with Crippen molar-refractivity contribution in [2.75, 3.05) is 23.9 Å². The highest BCUT2D eigenvalue weighted by Crippen LogP contribution is 2.35. The second kappa shape index (κ2) is 12.1. The number of carbonyl (C=O) groups is 2. The first-order valence-electron chi connectivity index (χ1n) is 14.2. The number of hydrogen-bond acceptors (Lipinski definition) is 7. The maximum atomic E-state index is 14.4. The fourth-order valence-electron chi connectivity index (χ4n) is 5.57. The number of aromatic nitrogens is 4. The van der Waals surface area contributed by atoms with Gasteiger partial charge in [0.1, 0.15) is 12.6 Å². The number of anilines is 2. The molecule has 1 aliphatic rings. The van der Waals surface area contributed by atoms with Gasteiger partial charge >= 0.3 is 0 Å². The van der Waals surface area contributed by atoms with Crippen LogP contribution >= 0.6 is 11.3 Å². The summed E-state index contributed by atoms with van der Waals surface area (Å²) in [5, 5.41) is 19.9. The third-order valence-electron chi connectivity index (χ3n) is 7.70. The van der Waals surface area contributed by atoms with Crippen molar-refractivity contribution >= 4 is 45.3 Å². The molecule has 0 unspecified atom stereocenters. The molecule has 0 saturated heterocycles. The summed E-state index contributed by atoms with van der Waals surface area (Å²) in [7, 11) is 3.95. The van der Waals surface area contributed by atoms with E-state index in [-0.39, 0.29) is 24.4 Å². The Balaban J connectivity index is 1.44. The predicted molar refractivity (Wildman–Crippen MR) is 166 cm³/mol. The van der Waals surface area contributed by atoms with E-state index in [0.717, 1.165) is 52.6 Å². The van der Waals surface area contributed by atoms with E-state index in [1.54, 1.807) is 4.90 Å². The lowest BCUT2D eigenvalue weighted by Gasteiger charge is -2.33. The van der Waals surface area contributed by atoms with Crippen LogP contribution in [0.3, 0.4) is 0 Å². The van der Waals surface area contributed by atoms with Gasteiger partial charge in [-0.3, -0.25) is 14.5 Å². The molecular weight excluding hydrogens is 546 g/mol. The van der Waals surface area contributed by atoms with Crippen LogP contribution in [0.1, 0.15) is 37.3 Å². The summed E-state index contributed by atoms with van der Waals surface area (Å²) in [6.07, 6.45) is 4.05. The van der Waals surface area contributed by atoms with E-state index in [4.69, 9.17) is 0 Å². The van der Waals surface area contributed by atoms with E-state index in [0.29, 0.717) is 11.5 Å². The van der Waals surface area contributed by atoms with Crippen molar-refractivity contribution in [3.63, 3.8) is 0 Å². The fraction of sp³-hybridized carbons (Fsp3) is 0.281. The van der Waals surface area contributed by atoms with Crippen molar-refractivity contribution < 1.29 is 9.59 Å². The number of rotatable bonds is 9. The average molecular weight is 580 g/mol. The Labute approximate surface area is 248 Å². The summed E-state index contributed by atoms with van der Waals surface area (Å²) in [5.74, 6) is -0.0549. The highest BCUT2D eigenvalue weighted by Gasteiger charge is 2.35. The molecule has 1 N–H and O–H groups in total. The van der Waals surface area contributed by atoms with E-state index in [2.05, 4.69) is 20.7 Å². The molecule has 1 atom stereocenters. The van der Waals surface area contributed by atoms with Crippen molar-refractivity contribution in [3.8, 4) is 10.7 Å². The maximum absolute atomic E-state index is 14.4. The summed E-state index contributed by atoms with van der Waals surface area (Å²) in [6.45, 7) is -0.176. The Morgan fingerprint density at radius 1 is 0.976 bits per heavy atom. The monoisotopic (exact) mass is 579 g/mol. The van der Waals surface area contributed by atoms with Crippen LogP contribution in [-0.2, 0) is 16.1 Å². The molecule has 0 spiro atoms. The maximum Gasteiger partial charge on any atom is 0.251 e. The highest BCUT2D eigenvalue weighted by atomic mass is 32.1. The molecule has 0 aliphatic heterocycles. The van der Waals surface area contributed by atoms with E-state index < -0.39 is 6.04 Å². The molecule has 6 rings (SSSR count). The number of thiophene rings is 1. The lowest BCUT2D eigenvalue weighted by molar-refractivity contribution is -0.127. The first kappa shape index (κ1) is 27.6. The minimum atomic E-state index is -0.902. The molecule has 214 valence electrons. The first-order valence-corrected chi connectivity index (χ1v) is 15.0. The van der Waals surface area contributed by atoms with Gasteiger partial charge in [0.15, 0.2) is 0 Å². The van der Waals surface area contributed by atoms with Crippen LogP contribution in [0.25, 0.3) is 21.5 Å². The van der Waals surface area contributed by atoms with Crippen molar-refractivity contribution in [3.05, 3.63) is 89.8 Å². The lowest BCUT2D eigenvalue weighted by Crippen LogP contribution is -2.47. The Bertz CT molecular complexity index is 1670. The summed E-state index contributed by atoms with van der Waals surface area (Å²) >= 11 is 1.51. The molecule has 1 fully saturated rings. The van der Waals surface area contributed by atoms with Gasteiger partial charge in [-0.15, -0.1) is 21.5 Å². The predicted octanol–water partition coefficient (Wildman–Crippen LogP) is 5.45. The third-order valence-corrected chi connectivity index (χ3v) is 8.57. The Morgan fingerprint density at radius 3 is 2.48 bits per heavy atom. The molecule has 0 radical (unpaired) electrons. The van der Waals surface area contributed by atoms with Gasteiger partial charge < -0.3 is 10.2 Å². The number of hydrogen-bond donors (Lipinski definition) is 1. The van der Waals surface area contributed by atoms with Crippen LogP contribution in [0.5, 0.6) is 0 Å². The van der Waals surface area contributed by atoms with Crippen LogP contribution in [0.15, 0.2) is 84.2 Å². The molecule has 2 aromatic heterocycles. The topological polar surface area (TPSA) is 96.2 Å². The van der Waals surface area contributed by atoms with Gasteiger partial charge in [0.2, 0.25) is 11.7 Å². The normalized spacial score (nSPS) is 14.1. The van der Waals surface area contributed by atoms with Crippen LogP contribution < -0.4 is 15.1 Å². The Hall–Kier alpha value is -4.57. The standard InChI is InChI=1S/C32H33N7O2S/c1-37(2)25-18-16-23(17-19-25)30(32(41)33-24-11-4-5-12-24)39(27-14-7-10-22-9-3-6-13-26(22)27)29(40)21-38-35-31(34-36-38)28-15-8-20-42-28/h3,6-10,13-20,24,30H,4-5,11-12,21H2,1-2H3,(H,33,41)/t30-/m1/s1. The SMILES string of the molecule is CN(C)c1ccc([C@H](C(=O)NC2CCCC2)N(C(=O)Cn2nnc(-c3cccs3)n2)c2cccc3ccccc23)cc1. The van der Waals surface area contributed by atoms with Gasteiger partial charge in [0.05, 0.1) is 10.6 Å². The van der Waals surface area contributed by atoms with Crippen LogP contribution in [-0.4, -0.2) is 52.2 Å². The molecule has 1 saturated carbocycles. The lowest BCUT2D eigenvalue weighted by atomic mass is 10.00. The van der Waals surface area contributed by atoms with Crippen LogP contribution in [0, 0.1) is 0 Å². The molecule has 2 heterocycles. The molecule has 2 amide bonds. The average Bonchev–Trinajstić information content (AvgIpc) is 3.79. The number of benzene rings is 3. The Kier molecular flexibility index (Phi) is 7.96. The molecular formula is C32H33N7O2S. The second-order valence-corrected chi connectivity index (χ2v) is 11.7. The van der Waals surface area contributed by atoms with Crippen molar-refractivity contribution in [2.45, 2.75) is 44.3 Å². The summed E-state index contributed by atoms with van der Waals surface area (Å²) in [4.78, 5) is 34.4. The minimum Gasteiger partial charge on any atom is -0.378 e. The first-order chi connectivity index (χ1) is 20.5. The van der Waals surface area contributed by atoms with E-state index in [1.807, 2.05) is 103 Å². The van der Waals surface area contributed by atoms with Gasteiger partial charge in [-0.25, -0.2) is 0 Å². The number of tetrazole rings is 1. The van der Waals surface area contributed by atoms with Gasteiger partial charge in [-0.05, 0) is 58.7 Å². The fourth-order valence-corrected chi connectivity index (χ4v) is 6.22. The van der Waals surface area contributed by atoms with Crippen molar-refractivity contribution in [2.24, 2.45) is 0 Å². The molecule has 9 nitrogen and oxygen atoms in total. The van der Waals surface area contributed by atoms with E-state index >= 15 is 0 Å². The van der Waals surface area contributed by atoms with E-state index in [9.17, 15) is 9.59 Å². The zero-order valence-corrected chi connectivity index (χ0v) is 24.5. The molecule has 42 heavy (non-hydrogen) atoms. The molecule has 1 aliphatic carbocycles. The largest absolute Gasteiger partial charge is 0.378 e. The van der Waals surface area contributed by atoms with Crippen molar-refractivity contribution in [1.82, 2.24) is 25.5 Å². The number of carbonyl (C=O) groups excluding carboxylic acids is 2. The highest BCUT2D eigenvalue weighted by molar-refractivity contribution is 7.13. The number of nitrogens with zero attached hydrogens (tertiary/aromatic N) is 6. The number of fused-ring (bicyclic) bond motifs is 1. The smallest absolute Gasteiger partial charge is 0.251 e. The van der Waals surface area contributed by atoms with Gasteiger partial charge in [0.25, 0.3) is 5.91 Å². The van der Waals surface area contributed by atoms with Crippen LogP contribution in [0.4, 0.5) is 11.4 Å². The minimum absolute atomic E-state index is 0.0934. The quantitative estimate of drug-likeness (QED) is 0.249. The Morgan fingerprint density at radius 2 is 1.74 bits per heavy atom. The third kappa shape index (κ3) is 5.75. The van der Waals surface area contributed by atoms with E-state index in [1.165, 1.54) is 16.1 Å². The molecule has 10 heteroatoms.